The van der Waals surface area contributed by atoms with Crippen molar-refractivity contribution in [2.75, 3.05) is 6.61 Å². The van der Waals surface area contributed by atoms with Gasteiger partial charge in [0.2, 0.25) is 0 Å². The van der Waals surface area contributed by atoms with E-state index in [0.717, 1.165) is 24.0 Å². The smallest absolute Gasteiger partial charge is 0.187 e. The van der Waals surface area contributed by atoms with Gasteiger partial charge in [0.1, 0.15) is 24.4 Å². The van der Waals surface area contributed by atoms with Gasteiger partial charge in [0, 0.05) is 0 Å². The number of aliphatic hydroxyl groups excluding tert-OH is 4. The second-order valence-electron chi connectivity index (χ2n) is 6.28. The number of ether oxygens (including phenoxy) is 2. The van der Waals surface area contributed by atoms with Crippen LogP contribution in [-0.2, 0) is 9.47 Å². The molecule has 0 aromatic carbocycles. The summed E-state index contributed by atoms with van der Waals surface area (Å²) in [5.41, 5.74) is 2.11. The molecule has 1 aliphatic carbocycles. The summed E-state index contributed by atoms with van der Waals surface area (Å²) in [6.45, 7) is 7.44. The van der Waals surface area contributed by atoms with Crippen LogP contribution in [0.5, 0.6) is 0 Å². The summed E-state index contributed by atoms with van der Waals surface area (Å²) in [6, 6.07) is 0. The van der Waals surface area contributed by atoms with Crippen molar-refractivity contribution in [2.24, 2.45) is 5.92 Å². The SMILES string of the molecule is C=C(C)[C@@H]1CC=C(C)[C@@H](O[C@@H]2O[C@H](CO)[C@@H](O)[C@H](O)[C@H]2O)C1. The quantitative estimate of drug-likeness (QED) is 0.550. The highest BCUT2D eigenvalue weighted by Crippen LogP contribution is 2.32. The topological polar surface area (TPSA) is 99.4 Å². The Morgan fingerprint density at radius 1 is 1.32 bits per heavy atom. The van der Waals surface area contributed by atoms with E-state index in [1.165, 1.54) is 0 Å². The van der Waals surface area contributed by atoms with Crippen molar-refractivity contribution in [2.45, 2.75) is 63.5 Å². The summed E-state index contributed by atoms with van der Waals surface area (Å²) in [6.07, 6.45) is -2.72. The molecule has 2 aliphatic rings. The zero-order valence-corrected chi connectivity index (χ0v) is 13.1. The maximum atomic E-state index is 10.0. The van der Waals surface area contributed by atoms with Gasteiger partial charge in [-0.2, -0.15) is 0 Å². The van der Waals surface area contributed by atoms with Crippen molar-refractivity contribution in [3.8, 4) is 0 Å². The predicted octanol–water partition coefficient (Wildman–Crippen LogP) is 0.104. The van der Waals surface area contributed by atoms with Gasteiger partial charge in [0.15, 0.2) is 6.29 Å². The molecule has 2 rings (SSSR count). The van der Waals surface area contributed by atoms with Crippen LogP contribution < -0.4 is 0 Å². The van der Waals surface area contributed by atoms with Crippen LogP contribution in [0.25, 0.3) is 0 Å². The Bertz CT molecular complexity index is 432. The minimum absolute atomic E-state index is 0.253. The summed E-state index contributed by atoms with van der Waals surface area (Å²) in [4.78, 5) is 0. The molecule has 0 spiro atoms. The van der Waals surface area contributed by atoms with Crippen molar-refractivity contribution in [1.29, 1.82) is 0 Å². The fourth-order valence-electron chi connectivity index (χ4n) is 2.91. The van der Waals surface area contributed by atoms with Crippen LogP contribution in [0.4, 0.5) is 0 Å². The van der Waals surface area contributed by atoms with Gasteiger partial charge in [0.25, 0.3) is 0 Å². The zero-order valence-electron chi connectivity index (χ0n) is 13.1. The number of hydrogen-bond donors (Lipinski definition) is 4. The van der Waals surface area contributed by atoms with Crippen LogP contribution in [0.2, 0.25) is 0 Å². The van der Waals surface area contributed by atoms with E-state index in [9.17, 15) is 20.4 Å². The van der Waals surface area contributed by atoms with Crippen LogP contribution in [0.1, 0.15) is 26.7 Å². The van der Waals surface area contributed by atoms with Gasteiger partial charge in [-0.1, -0.05) is 18.2 Å². The van der Waals surface area contributed by atoms with Gasteiger partial charge < -0.3 is 29.9 Å². The third-order valence-electron chi connectivity index (χ3n) is 4.57. The lowest BCUT2D eigenvalue weighted by Gasteiger charge is -2.42. The van der Waals surface area contributed by atoms with E-state index in [-0.39, 0.29) is 6.10 Å². The molecule has 6 heteroatoms. The second kappa shape index (κ2) is 7.21. The molecular formula is C16H26O6. The average molecular weight is 314 g/mol. The second-order valence-corrected chi connectivity index (χ2v) is 6.28. The first-order chi connectivity index (χ1) is 10.3. The number of allylic oxidation sites excluding steroid dienone is 2. The van der Waals surface area contributed by atoms with Gasteiger partial charge in [-0.3, -0.25) is 0 Å². The molecule has 4 N–H and O–H groups in total. The Labute approximate surface area is 130 Å². The van der Waals surface area contributed by atoms with Crippen molar-refractivity contribution in [3.63, 3.8) is 0 Å². The van der Waals surface area contributed by atoms with Crippen LogP contribution >= 0.6 is 0 Å². The highest BCUT2D eigenvalue weighted by Gasteiger charge is 2.45. The predicted molar refractivity (Wildman–Crippen MR) is 79.9 cm³/mol. The summed E-state index contributed by atoms with van der Waals surface area (Å²) in [7, 11) is 0. The third kappa shape index (κ3) is 3.59. The Morgan fingerprint density at radius 2 is 2.00 bits per heavy atom. The molecule has 0 bridgehead atoms. The standard InChI is InChI=1S/C16H26O6/c1-8(2)10-5-4-9(3)11(6-10)21-16-15(20)14(19)13(18)12(7-17)22-16/h4,10-20H,1,5-7H2,2-3H3/t10-,11+,12-,13-,14+,15-,16-/m1/s1. The molecule has 0 radical (unpaired) electrons. The fourth-order valence-corrected chi connectivity index (χ4v) is 2.91. The van der Waals surface area contributed by atoms with Crippen LogP contribution in [0, 0.1) is 5.92 Å². The molecule has 7 atom stereocenters. The molecule has 0 aromatic rings. The normalized spacial score (nSPS) is 42.8. The van der Waals surface area contributed by atoms with Crippen LogP contribution in [-0.4, -0.2) is 63.8 Å². The minimum Gasteiger partial charge on any atom is -0.394 e. The molecule has 0 amide bonds. The molecule has 0 aromatic heterocycles. The Kier molecular flexibility index (Phi) is 5.76. The van der Waals surface area contributed by atoms with Crippen molar-refractivity contribution in [3.05, 3.63) is 23.8 Å². The first-order valence-corrected chi connectivity index (χ1v) is 7.63. The van der Waals surface area contributed by atoms with Gasteiger partial charge in [-0.15, -0.1) is 0 Å². The number of rotatable bonds is 4. The maximum Gasteiger partial charge on any atom is 0.187 e. The number of hydrogen-bond acceptors (Lipinski definition) is 6. The van der Waals surface area contributed by atoms with Crippen molar-refractivity contribution < 1.29 is 29.9 Å². The summed E-state index contributed by atoms with van der Waals surface area (Å²) < 4.78 is 11.2. The third-order valence-corrected chi connectivity index (χ3v) is 4.57. The van der Waals surface area contributed by atoms with Gasteiger partial charge in [-0.05, 0) is 38.2 Å². The molecule has 1 fully saturated rings. The summed E-state index contributed by atoms with van der Waals surface area (Å²) >= 11 is 0. The van der Waals surface area contributed by atoms with Crippen LogP contribution in [0.15, 0.2) is 23.8 Å². The highest BCUT2D eigenvalue weighted by molar-refractivity contribution is 5.15. The largest absolute Gasteiger partial charge is 0.394 e. The van der Waals surface area contributed by atoms with E-state index < -0.39 is 37.3 Å². The van der Waals surface area contributed by atoms with Crippen molar-refractivity contribution in [1.82, 2.24) is 0 Å². The lowest BCUT2D eigenvalue weighted by molar-refractivity contribution is -0.309. The van der Waals surface area contributed by atoms with E-state index in [0.29, 0.717) is 5.92 Å². The molecule has 0 unspecified atom stereocenters. The van der Waals surface area contributed by atoms with E-state index in [4.69, 9.17) is 9.47 Å². The monoisotopic (exact) mass is 314 g/mol. The molecular weight excluding hydrogens is 288 g/mol. The van der Waals surface area contributed by atoms with Crippen LogP contribution in [0.3, 0.4) is 0 Å². The summed E-state index contributed by atoms with van der Waals surface area (Å²) in [5.74, 6) is 0.304. The Hall–Kier alpha value is -0.760. The zero-order chi connectivity index (χ0) is 16.4. The fraction of sp³-hybridized carbons (Fsp3) is 0.750. The van der Waals surface area contributed by atoms with E-state index in [2.05, 4.69) is 12.7 Å². The van der Waals surface area contributed by atoms with Crippen molar-refractivity contribution >= 4 is 0 Å². The molecule has 1 saturated heterocycles. The lowest BCUT2D eigenvalue weighted by atomic mass is 9.84. The number of aliphatic hydroxyl groups is 4. The Balaban J connectivity index is 2.06. The summed E-state index contributed by atoms with van der Waals surface area (Å²) in [5, 5.41) is 38.8. The Morgan fingerprint density at radius 3 is 2.59 bits per heavy atom. The maximum absolute atomic E-state index is 10.0. The van der Waals surface area contributed by atoms with Gasteiger partial charge >= 0.3 is 0 Å². The lowest BCUT2D eigenvalue weighted by Crippen LogP contribution is -2.59. The molecule has 1 heterocycles. The molecule has 6 nitrogen and oxygen atoms in total. The molecule has 1 aliphatic heterocycles. The highest BCUT2D eigenvalue weighted by atomic mass is 16.7. The van der Waals surface area contributed by atoms with E-state index in [1.807, 2.05) is 13.8 Å². The average Bonchev–Trinajstić information content (AvgIpc) is 2.49. The first kappa shape index (κ1) is 17.6. The van der Waals surface area contributed by atoms with Gasteiger partial charge in [-0.25, -0.2) is 0 Å². The minimum atomic E-state index is -1.42. The molecule has 126 valence electrons. The van der Waals surface area contributed by atoms with E-state index >= 15 is 0 Å². The first-order valence-electron chi connectivity index (χ1n) is 7.63. The molecule has 22 heavy (non-hydrogen) atoms. The van der Waals surface area contributed by atoms with E-state index in [1.54, 1.807) is 0 Å². The molecule has 0 saturated carbocycles. The van der Waals surface area contributed by atoms with Gasteiger partial charge in [0.05, 0.1) is 12.7 Å².